The second-order valence-corrected chi connectivity index (χ2v) is 5.68. The normalized spacial score (nSPS) is 11.9. The lowest BCUT2D eigenvalue weighted by Crippen LogP contribution is -2.28. The molecule has 0 bridgehead atoms. The van der Waals surface area contributed by atoms with E-state index in [0.717, 1.165) is 15.6 Å². The number of halogens is 1. The summed E-state index contributed by atoms with van der Waals surface area (Å²) in [4.78, 5) is 12.0. The fourth-order valence-corrected chi connectivity index (χ4v) is 2.26. The van der Waals surface area contributed by atoms with E-state index in [0.29, 0.717) is 12.1 Å². The predicted octanol–water partition coefficient (Wildman–Crippen LogP) is 3.45. The van der Waals surface area contributed by atoms with Crippen LogP contribution in [0.1, 0.15) is 24.1 Å². The van der Waals surface area contributed by atoms with Gasteiger partial charge in [0.2, 0.25) is 5.91 Å². The Balaban J connectivity index is 1.95. The van der Waals surface area contributed by atoms with Crippen molar-refractivity contribution in [2.75, 3.05) is 5.73 Å². The molecule has 0 aromatic heterocycles. The van der Waals surface area contributed by atoms with Crippen molar-refractivity contribution < 1.29 is 4.79 Å². The summed E-state index contributed by atoms with van der Waals surface area (Å²) in [6.07, 6.45) is 0.375. The summed E-state index contributed by atoms with van der Waals surface area (Å²) in [5.41, 5.74) is 8.45. The van der Waals surface area contributed by atoms with Crippen LogP contribution >= 0.6 is 15.9 Å². The Morgan fingerprint density at radius 2 is 1.95 bits per heavy atom. The summed E-state index contributed by atoms with van der Waals surface area (Å²) in [6, 6.07) is 15.3. The van der Waals surface area contributed by atoms with E-state index < -0.39 is 0 Å². The molecule has 3 N–H and O–H groups in total. The van der Waals surface area contributed by atoms with Crippen molar-refractivity contribution >= 4 is 27.5 Å². The summed E-state index contributed by atoms with van der Waals surface area (Å²) in [6.45, 7) is 1.95. The van der Waals surface area contributed by atoms with E-state index in [1.165, 1.54) is 0 Å². The minimum absolute atomic E-state index is 0.00208. The maximum atomic E-state index is 12.0. The zero-order chi connectivity index (χ0) is 14.5. The summed E-state index contributed by atoms with van der Waals surface area (Å²) >= 11 is 3.38. The number of amides is 1. The smallest absolute Gasteiger partial charge is 0.224 e. The van der Waals surface area contributed by atoms with Crippen molar-refractivity contribution in [2.24, 2.45) is 0 Å². The molecule has 20 heavy (non-hydrogen) atoms. The van der Waals surface area contributed by atoms with Crippen LogP contribution in [0, 0.1) is 0 Å². The van der Waals surface area contributed by atoms with Crippen LogP contribution in [0.5, 0.6) is 0 Å². The van der Waals surface area contributed by atoms with E-state index >= 15 is 0 Å². The zero-order valence-electron chi connectivity index (χ0n) is 11.3. The van der Waals surface area contributed by atoms with E-state index in [-0.39, 0.29) is 11.9 Å². The largest absolute Gasteiger partial charge is 0.399 e. The van der Waals surface area contributed by atoms with Gasteiger partial charge in [-0.05, 0) is 42.3 Å². The number of nitrogen functional groups attached to an aromatic ring is 1. The molecule has 1 atom stereocenters. The number of anilines is 1. The van der Waals surface area contributed by atoms with Gasteiger partial charge in [-0.1, -0.05) is 40.2 Å². The maximum Gasteiger partial charge on any atom is 0.224 e. The molecule has 0 radical (unpaired) electrons. The molecule has 0 aliphatic rings. The summed E-state index contributed by atoms with van der Waals surface area (Å²) < 4.78 is 1.01. The van der Waals surface area contributed by atoms with Crippen LogP contribution < -0.4 is 11.1 Å². The zero-order valence-corrected chi connectivity index (χ0v) is 12.9. The van der Waals surface area contributed by atoms with Crippen LogP contribution in [0.4, 0.5) is 5.69 Å². The van der Waals surface area contributed by atoms with Crippen LogP contribution in [0.2, 0.25) is 0 Å². The topological polar surface area (TPSA) is 55.1 Å². The molecule has 3 nitrogen and oxygen atoms in total. The van der Waals surface area contributed by atoms with Crippen LogP contribution in [0.25, 0.3) is 0 Å². The minimum Gasteiger partial charge on any atom is -0.399 e. The lowest BCUT2D eigenvalue weighted by atomic mass is 10.1. The third-order valence-electron chi connectivity index (χ3n) is 3.07. The van der Waals surface area contributed by atoms with Crippen molar-refractivity contribution in [1.29, 1.82) is 0 Å². The standard InChI is InChI=1S/C16H17BrN2O/c1-11(13-3-2-4-15(18)10-13)19-16(20)9-12-5-7-14(17)8-6-12/h2-8,10-11H,9,18H2,1H3,(H,19,20). The van der Waals surface area contributed by atoms with Gasteiger partial charge in [-0.2, -0.15) is 0 Å². The van der Waals surface area contributed by atoms with Crippen LogP contribution in [-0.2, 0) is 11.2 Å². The van der Waals surface area contributed by atoms with E-state index in [1.807, 2.05) is 55.5 Å². The highest BCUT2D eigenvalue weighted by atomic mass is 79.9. The molecular weight excluding hydrogens is 316 g/mol. The number of carbonyl (C=O) groups is 1. The Labute approximate surface area is 127 Å². The number of hydrogen-bond acceptors (Lipinski definition) is 2. The van der Waals surface area contributed by atoms with Crippen LogP contribution in [0.3, 0.4) is 0 Å². The lowest BCUT2D eigenvalue weighted by Gasteiger charge is -2.15. The van der Waals surface area contributed by atoms with E-state index in [4.69, 9.17) is 5.73 Å². The molecule has 0 fully saturated rings. The van der Waals surface area contributed by atoms with Crippen molar-refractivity contribution in [1.82, 2.24) is 5.32 Å². The Morgan fingerprint density at radius 1 is 1.25 bits per heavy atom. The highest BCUT2D eigenvalue weighted by molar-refractivity contribution is 9.10. The summed E-state index contributed by atoms with van der Waals surface area (Å²) in [5.74, 6) is 0.00208. The number of rotatable bonds is 4. The molecule has 0 heterocycles. The Hall–Kier alpha value is -1.81. The third-order valence-corrected chi connectivity index (χ3v) is 3.59. The molecule has 4 heteroatoms. The first-order valence-electron chi connectivity index (χ1n) is 6.44. The second-order valence-electron chi connectivity index (χ2n) is 4.76. The van der Waals surface area contributed by atoms with Gasteiger partial charge in [0, 0.05) is 10.2 Å². The molecule has 0 saturated heterocycles. The van der Waals surface area contributed by atoms with Gasteiger partial charge in [0.1, 0.15) is 0 Å². The first-order valence-corrected chi connectivity index (χ1v) is 7.23. The van der Waals surface area contributed by atoms with Gasteiger partial charge in [-0.3, -0.25) is 4.79 Å². The Kier molecular flexibility index (Phi) is 4.79. The van der Waals surface area contributed by atoms with Gasteiger partial charge < -0.3 is 11.1 Å². The van der Waals surface area contributed by atoms with Crippen molar-refractivity contribution in [2.45, 2.75) is 19.4 Å². The highest BCUT2D eigenvalue weighted by Crippen LogP contribution is 2.16. The van der Waals surface area contributed by atoms with Gasteiger partial charge in [0.15, 0.2) is 0 Å². The molecule has 2 aromatic rings. The fraction of sp³-hybridized carbons (Fsp3) is 0.188. The van der Waals surface area contributed by atoms with Gasteiger partial charge in [-0.25, -0.2) is 0 Å². The van der Waals surface area contributed by atoms with E-state index in [1.54, 1.807) is 0 Å². The molecule has 0 saturated carbocycles. The van der Waals surface area contributed by atoms with Crippen molar-refractivity contribution in [3.8, 4) is 0 Å². The Bertz CT molecular complexity index is 596. The molecule has 0 aliphatic heterocycles. The maximum absolute atomic E-state index is 12.0. The summed E-state index contributed by atoms with van der Waals surface area (Å²) in [7, 11) is 0. The van der Waals surface area contributed by atoms with Crippen molar-refractivity contribution in [3.05, 3.63) is 64.1 Å². The van der Waals surface area contributed by atoms with Gasteiger partial charge in [0.25, 0.3) is 0 Å². The highest BCUT2D eigenvalue weighted by Gasteiger charge is 2.10. The number of carbonyl (C=O) groups excluding carboxylic acids is 1. The number of nitrogens with two attached hydrogens (primary N) is 1. The van der Waals surface area contributed by atoms with E-state index in [9.17, 15) is 4.79 Å². The van der Waals surface area contributed by atoms with Gasteiger partial charge in [0.05, 0.1) is 12.5 Å². The monoisotopic (exact) mass is 332 g/mol. The van der Waals surface area contributed by atoms with Crippen LogP contribution in [0.15, 0.2) is 53.0 Å². The van der Waals surface area contributed by atoms with E-state index in [2.05, 4.69) is 21.2 Å². The third kappa shape index (κ3) is 4.10. The van der Waals surface area contributed by atoms with Crippen molar-refractivity contribution in [3.63, 3.8) is 0 Å². The summed E-state index contributed by atoms with van der Waals surface area (Å²) in [5, 5.41) is 2.98. The molecular formula is C16H17BrN2O. The molecule has 104 valence electrons. The van der Waals surface area contributed by atoms with Gasteiger partial charge in [-0.15, -0.1) is 0 Å². The fourth-order valence-electron chi connectivity index (χ4n) is 1.99. The predicted molar refractivity (Wildman–Crippen MR) is 85.3 cm³/mol. The lowest BCUT2D eigenvalue weighted by molar-refractivity contribution is -0.121. The number of nitrogens with one attached hydrogen (secondary N) is 1. The molecule has 1 unspecified atom stereocenters. The first-order chi connectivity index (χ1) is 9.54. The number of benzene rings is 2. The quantitative estimate of drug-likeness (QED) is 0.842. The molecule has 2 rings (SSSR count). The van der Waals surface area contributed by atoms with Crippen LogP contribution in [-0.4, -0.2) is 5.91 Å². The minimum atomic E-state index is -0.0542. The SMILES string of the molecule is CC(NC(=O)Cc1ccc(Br)cc1)c1cccc(N)c1. The molecule has 2 aromatic carbocycles. The Morgan fingerprint density at radius 3 is 2.60 bits per heavy atom. The average Bonchev–Trinajstić information content (AvgIpc) is 2.41. The molecule has 0 spiro atoms. The molecule has 1 amide bonds. The average molecular weight is 333 g/mol. The second kappa shape index (κ2) is 6.57. The molecule has 0 aliphatic carbocycles. The van der Waals surface area contributed by atoms with Gasteiger partial charge >= 0.3 is 0 Å². The number of hydrogen-bond donors (Lipinski definition) is 2. The first kappa shape index (κ1) is 14.6.